The first kappa shape index (κ1) is 49.3. The Morgan fingerprint density at radius 2 is 0.656 bits per heavy atom. The maximum absolute atomic E-state index is 12.2. The summed E-state index contributed by atoms with van der Waals surface area (Å²) in [6.07, 6.45) is 1.97. The predicted molar refractivity (Wildman–Crippen MR) is 243 cm³/mol. The summed E-state index contributed by atoms with van der Waals surface area (Å²) in [5.41, 5.74) is 7.83. The molecule has 1 aliphatic rings. The van der Waals surface area contributed by atoms with Crippen LogP contribution in [0, 0.1) is 0 Å². The summed E-state index contributed by atoms with van der Waals surface area (Å²) in [5.74, 6) is -0.868. The minimum Gasteiger partial charge on any atom is -0.481 e. The molecule has 0 radical (unpaired) electrons. The van der Waals surface area contributed by atoms with E-state index >= 15 is 0 Å². The van der Waals surface area contributed by atoms with Gasteiger partial charge >= 0.3 is 11.9 Å². The molecule has 64 heavy (non-hydrogen) atoms. The minimum absolute atomic E-state index is 0.177. The summed E-state index contributed by atoms with van der Waals surface area (Å²) in [6.45, 7) is 23.3. The summed E-state index contributed by atoms with van der Waals surface area (Å²) in [7, 11) is 0. The van der Waals surface area contributed by atoms with Gasteiger partial charge < -0.3 is 39.1 Å². The van der Waals surface area contributed by atoms with Crippen molar-refractivity contribution in [2.24, 2.45) is 0 Å². The molecule has 0 aromatic heterocycles. The Morgan fingerprint density at radius 3 is 0.844 bits per heavy atom. The number of ether oxygens (including phenoxy) is 2. The zero-order valence-electron chi connectivity index (χ0n) is 39.4. The fraction of sp³-hybridized carbons (Fsp3) is 0.462. The third kappa shape index (κ3) is 12.3. The first-order chi connectivity index (χ1) is 29.8. The fourth-order valence-corrected chi connectivity index (χ4v) is 7.72. The highest BCUT2D eigenvalue weighted by Gasteiger charge is 2.30. The maximum atomic E-state index is 12.2. The van der Waals surface area contributed by atoms with Crippen molar-refractivity contribution in [2.45, 2.75) is 130 Å². The van der Waals surface area contributed by atoms with Crippen molar-refractivity contribution in [3.8, 4) is 23.0 Å². The Morgan fingerprint density at radius 1 is 0.438 bits per heavy atom. The van der Waals surface area contributed by atoms with E-state index in [1.807, 2.05) is 48.5 Å². The second kappa shape index (κ2) is 19.6. The van der Waals surface area contributed by atoms with E-state index in [4.69, 9.17) is 29.0 Å². The molecule has 4 aromatic carbocycles. The molecular formula is C52H64O12. The lowest BCUT2D eigenvalue weighted by molar-refractivity contribution is -0.203. The third-order valence-electron chi connectivity index (χ3n) is 11.2. The molecule has 344 valence electrons. The molecule has 4 aromatic rings. The smallest absolute Gasteiger partial charge is 0.341 e. The van der Waals surface area contributed by atoms with Crippen LogP contribution in [0.4, 0.5) is 0 Å². The van der Waals surface area contributed by atoms with Crippen LogP contribution in [-0.4, -0.2) is 61.2 Å². The average molecular weight is 881 g/mol. The molecule has 0 amide bonds. The second-order valence-corrected chi connectivity index (χ2v) is 20.6. The van der Waals surface area contributed by atoms with Crippen molar-refractivity contribution in [3.05, 3.63) is 115 Å². The van der Waals surface area contributed by atoms with E-state index in [9.17, 15) is 29.4 Å². The van der Waals surface area contributed by atoms with Gasteiger partial charge in [-0.2, -0.15) is 9.78 Å². The average Bonchev–Trinajstić information content (AvgIpc) is 3.16. The van der Waals surface area contributed by atoms with Crippen LogP contribution in [0.3, 0.4) is 0 Å². The summed E-state index contributed by atoms with van der Waals surface area (Å²) in [5, 5.41) is 20.0. The second-order valence-electron chi connectivity index (χ2n) is 20.6. The van der Waals surface area contributed by atoms with E-state index in [-0.39, 0.29) is 60.6 Å². The molecule has 5 rings (SSSR count). The number of rotatable bonds is 14. The van der Waals surface area contributed by atoms with Crippen molar-refractivity contribution >= 4 is 24.5 Å². The molecule has 0 saturated carbocycles. The van der Waals surface area contributed by atoms with E-state index in [0.29, 0.717) is 80.1 Å². The van der Waals surface area contributed by atoms with Gasteiger partial charge in [0.25, 0.3) is 0 Å². The number of carbonyl (C=O) groups excluding carboxylic acids is 2. The van der Waals surface area contributed by atoms with Crippen LogP contribution in [0.15, 0.2) is 48.5 Å². The predicted octanol–water partition coefficient (Wildman–Crippen LogP) is 9.50. The van der Waals surface area contributed by atoms with Crippen molar-refractivity contribution in [2.75, 3.05) is 26.4 Å². The van der Waals surface area contributed by atoms with Crippen LogP contribution in [-0.2, 0) is 76.3 Å². The van der Waals surface area contributed by atoms with Crippen molar-refractivity contribution in [1.82, 2.24) is 0 Å². The number of aldehydes is 2. The van der Waals surface area contributed by atoms with Gasteiger partial charge in [-0.3, -0.25) is 0 Å². The van der Waals surface area contributed by atoms with Gasteiger partial charge in [0.05, 0.1) is 0 Å². The lowest BCUT2D eigenvalue weighted by Crippen LogP contribution is -2.19. The summed E-state index contributed by atoms with van der Waals surface area (Å²) >= 11 is 0. The highest BCUT2D eigenvalue weighted by atomic mass is 17.2. The van der Waals surface area contributed by atoms with Gasteiger partial charge in [0.1, 0.15) is 37.3 Å². The van der Waals surface area contributed by atoms with Crippen LogP contribution in [0.2, 0.25) is 0 Å². The SMILES string of the molecule is CC(C)(C)c1cc2c(OCC(=O)O)c(c1)Cc1cc(C(C)(C)C)cc(c1OOCC=O)Cc1cc(C(C)(C)C)cc(c1OOCC=O)Cc1cc(C(C)(C)C)cc(c1OCC(=O)O)C2. The van der Waals surface area contributed by atoms with Crippen LogP contribution in [0.25, 0.3) is 0 Å². The highest BCUT2D eigenvalue weighted by molar-refractivity contribution is 5.70. The van der Waals surface area contributed by atoms with Crippen LogP contribution in [0.5, 0.6) is 23.0 Å². The Labute approximate surface area is 377 Å². The molecule has 2 N–H and O–H groups in total. The summed E-state index contributed by atoms with van der Waals surface area (Å²) in [6, 6.07) is 16.2. The van der Waals surface area contributed by atoms with Gasteiger partial charge in [-0.1, -0.05) is 132 Å². The molecule has 0 heterocycles. The highest BCUT2D eigenvalue weighted by Crippen LogP contribution is 2.44. The molecule has 1 aliphatic carbocycles. The largest absolute Gasteiger partial charge is 0.481 e. The van der Waals surface area contributed by atoms with E-state index in [1.165, 1.54) is 0 Å². The van der Waals surface area contributed by atoms with Gasteiger partial charge in [0, 0.05) is 47.9 Å². The van der Waals surface area contributed by atoms with Gasteiger partial charge in [-0.15, -0.1) is 0 Å². The monoisotopic (exact) mass is 880 g/mol. The molecule has 8 bridgehead atoms. The molecule has 0 aliphatic heterocycles. The topological polar surface area (TPSA) is 164 Å². The molecule has 12 heteroatoms. The lowest BCUT2D eigenvalue weighted by atomic mass is 9.79. The molecule has 0 atom stereocenters. The quantitative estimate of drug-likeness (QED) is 0.0471. The number of carboxylic acid groups (broad SMARTS) is 2. The minimum atomic E-state index is -1.16. The van der Waals surface area contributed by atoms with Gasteiger partial charge in [-0.05, 0) is 66.2 Å². The molecule has 0 spiro atoms. The lowest BCUT2D eigenvalue weighted by Gasteiger charge is -2.28. The standard InChI is InChI=1S/C52H64O12/c1-49(2,3)39-21-31-17-32-22-40(50(4,5)6)24-34(46(32)60-30-44(57)58)19-36-26-42(52(10,11)12)28-38(48(36)64-62-16-14-54)20-37-27-41(51(7,8)9)25-35(47(37)63-61-15-13-53)18-33(23-39)45(31)59-29-43(55)56/h13-14,21-28H,15-20,29-30H2,1-12H3,(H,55,56)(H,57,58). The summed E-state index contributed by atoms with van der Waals surface area (Å²) < 4.78 is 12.6. The molecule has 0 saturated heterocycles. The van der Waals surface area contributed by atoms with Gasteiger partial charge in [-0.25, -0.2) is 9.59 Å². The first-order valence-electron chi connectivity index (χ1n) is 21.6. The summed E-state index contributed by atoms with van der Waals surface area (Å²) in [4.78, 5) is 71.0. The Hall–Kier alpha value is -5.72. The molecule has 0 unspecified atom stereocenters. The maximum Gasteiger partial charge on any atom is 0.341 e. The normalized spacial score (nSPS) is 13.2. The Balaban J connectivity index is 2.04. The van der Waals surface area contributed by atoms with Gasteiger partial charge in [0.2, 0.25) is 0 Å². The number of hydrogen-bond acceptors (Lipinski definition) is 10. The Kier molecular flexibility index (Phi) is 15.1. The number of fused-ring (bicyclic) bond motifs is 8. The zero-order valence-corrected chi connectivity index (χ0v) is 39.4. The van der Waals surface area contributed by atoms with Crippen LogP contribution < -0.4 is 19.2 Å². The van der Waals surface area contributed by atoms with E-state index in [1.54, 1.807) is 0 Å². The van der Waals surface area contributed by atoms with E-state index in [0.717, 1.165) is 22.3 Å². The molecule has 12 nitrogen and oxygen atoms in total. The van der Waals surface area contributed by atoms with Crippen molar-refractivity contribution in [3.63, 3.8) is 0 Å². The van der Waals surface area contributed by atoms with Crippen molar-refractivity contribution < 1.29 is 58.4 Å². The van der Waals surface area contributed by atoms with E-state index in [2.05, 4.69) is 83.1 Å². The van der Waals surface area contributed by atoms with E-state index < -0.39 is 25.2 Å². The number of aliphatic carboxylic acids is 2. The number of carbonyl (C=O) groups is 4. The number of carboxylic acids is 2. The van der Waals surface area contributed by atoms with Gasteiger partial charge in [0.15, 0.2) is 24.7 Å². The zero-order chi connectivity index (χ0) is 47.4. The number of benzene rings is 4. The van der Waals surface area contributed by atoms with Crippen LogP contribution in [0.1, 0.15) is 150 Å². The number of hydrogen-bond donors (Lipinski definition) is 2. The molecular weight excluding hydrogens is 817 g/mol. The fourth-order valence-electron chi connectivity index (χ4n) is 7.72. The first-order valence-corrected chi connectivity index (χ1v) is 21.6. The molecule has 0 fully saturated rings. The van der Waals surface area contributed by atoms with Crippen molar-refractivity contribution in [1.29, 1.82) is 0 Å². The Bertz CT molecular complexity index is 2220. The van der Waals surface area contributed by atoms with Crippen LogP contribution >= 0.6 is 0 Å². The third-order valence-corrected chi connectivity index (χ3v) is 11.2.